The molecule has 0 radical (unpaired) electrons. The summed E-state index contributed by atoms with van der Waals surface area (Å²) < 4.78 is 5.60. The second-order valence-electron chi connectivity index (χ2n) is 4.23. The Morgan fingerprint density at radius 2 is 1.82 bits per heavy atom. The Balaban J connectivity index is 2.12. The number of hydrogen-bond acceptors (Lipinski definition) is 3. The lowest BCUT2D eigenvalue weighted by Crippen LogP contribution is -2.10. The van der Waals surface area contributed by atoms with E-state index in [1.54, 1.807) is 11.3 Å². The molecule has 90 valence electrons. The molecule has 2 rings (SSSR count). The highest BCUT2D eigenvalue weighted by Crippen LogP contribution is 2.25. The molecule has 0 bridgehead atoms. The van der Waals surface area contributed by atoms with Gasteiger partial charge in [-0.05, 0) is 43.0 Å². The fraction of sp³-hybridized carbons (Fsp3) is 0.286. The summed E-state index contributed by atoms with van der Waals surface area (Å²) in [5, 5.41) is 2.05. The summed E-state index contributed by atoms with van der Waals surface area (Å²) in [6.45, 7) is 4.04. The van der Waals surface area contributed by atoms with E-state index in [2.05, 4.69) is 6.07 Å². The van der Waals surface area contributed by atoms with Crippen LogP contribution in [-0.2, 0) is 0 Å². The van der Waals surface area contributed by atoms with Crippen LogP contribution in [0.1, 0.15) is 30.3 Å². The molecular weight excluding hydrogens is 230 g/mol. The third kappa shape index (κ3) is 3.08. The number of thiophene rings is 1. The molecule has 0 amide bonds. The van der Waals surface area contributed by atoms with Crippen LogP contribution in [0, 0.1) is 0 Å². The maximum absolute atomic E-state index is 6.18. The van der Waals surface area contributed by atoms with E-state index < -0.39 is 0 Å². The van der Waals surface area contributed by atoms with Crippen molar-refractivity contribution in [2.75, 3.05) is 0 Å². The lowest BCUT2D eigenvalue weighted by atomic mass is 10.1. The zero-order valence-electron chi connectivity index (χ0n) is 10.1. The van der Waals surface area contributed by atoms with E-state index in [1.165, 1.54) is 4.88 Å². The average Bonchev–Trinajstić information content (AvgIpc) is 2.82. The molecule has 1 atom stereocenters. The van der Waals surface area contributed by atoms with Gasteiger partial charge in [-0.15, -0.1) is 11.3 Å². The molecule has 0 spiro atoms. The molecule has 0 saturated heterocycles. The highest BCUT2D eigenvalue weighted by molar-refractivity contribution is 7.10. The minimum atomic E-state index is -0.0388. The summed E-state index contributed by atoms with van der Waals surface area (Å²) in [6, 6.07) is 12.1. The van der Waals surface area contributed by atoms with Gasteiger partial charge in [0, 0.05) is 4.88 Å². The first-order chi connectivity index (χ1) is 8.16. The molecule has 0 aliphatic rings. The number of nitrogens with two attached hydrogens (primary N) is 1. The van der Waals surface area contributed by atoms with E-state index in [-0.39, 0.29) is 12.1 Å². The predicted octanol–water partition coefficient (Wildman–Crippen LogP) is 3.58. The van der Waals surface area contributed by atoms with Gasteiger partial charge in [0.1, 0.15) is 5.75 Å². The van der Waals surface area contributed by atoms with Gasteiger partial charge in [0.2, 0.25) is 0 Å². The minimum Gasteiger partial charge on any atom is -0.491 e. The number of hydrogen-bond donors (Lipinski definition) is 1. The minimum absolute atomic E-state index is 0.0388. The summed E-state index contributed by atoms with van der Waals surface area (Å²) >= 11 is 1.68. The fourth-order valence-electron chi connectivity index (χ4n) is 1.66. The van der Waals surface area contributed by atoms with E-state index in [0.717, 1.165) is 11.3 Å². The van der Waals surface area contributed by atoms with Crippen LogP contribution < -0.4 is 10.5 Å². The highest BCUT2D eigenvalue weighted by atomic mass is 32.1. The average molecular weight is 247 g/mol. The molecule has 0 aliphatic heterocycles. The lowest BCUT2D eigenvalue weighted by Gasteiger charge is -2.13. The van der Waals surface area contributed by atoms with Crippen LogP contribution in [0.4, 0.5) is 0 Å². The Morgan fingerprint density at radius 3 is 2.35 bits per heavy atom. The highest BCUT2D eigenvalue weighted by Gasteiger charge is 2.09. The fourth-order valence-corrected chi connectivity index (χ4v) is 2.41. The van der Waals surface area contributed by atoms with Crippen molar-refractivity contribution >= 4 is 11.3 Å². The molecule has 1 aromatic carbocycles. The Morgan fingerprint density at radius 1 is 1.12 bits per heavy atom. The quantitative estimate of drug-likeness (QED) is 0.896. The van der Waals surface area contributed by atoms with E-state index in [4.69, 9.17) is 10.5 Å². The number of benzene rings is 1. The van der Waals surface area contributed by atoms with Crippen molar-refractivity contribution in [3.63, 3.8) is 0 Å². The number of ether oxygens (including phenoxy) is 1. The SMILES string of the molecule is CC(C)Oc1ccc(C(N)c2cccs2)cc1. The summed E-state index contributed by atoms with van der Waals surface area (Å²) in [5.74, 6) is 0.891. The smallest absolute Gasteiger partial charge is 0.119 e. The number of rotatable bonds is 4. The van der Waals surface area contributed by atoms with Gasteiger partial charge in [0.25, 0.3) is 0 Å². The second kappa shape index (κ2) is 5.34. The van der Waals surface area contributed by atoms with Crippen molar-refractivity contribution in [2.24, 2.45) is 5.73 Å². The van der Waals surface area contributed by atoms with Crippen LogP contribution in [0.25, 0.3) is 0 Å². The van der Waals surface area contributed by atoms with Crippen molar-refractivity contribution < 1.29 is 4.74 Å². The molecule has 0 saturated carbocycles. The van der Waals surface area contributed by atoms with Gasteiger partial charge < -0.3 is 10.5 Å². The predicted molar refractivity (Wildman–Crippen MR) is 72.6 cm³/mol. The molecule has 1 heterocycles. The van der Waals surface area contributed by atoms with E-state index in [9.17, 15) is 0 Å². The molecule has 2 N–H and O–H groups in total. The van der Waals surface area contributed by atoms with Gasteiger partial charge in [0.15, 0.2) is 0 Å². The first-order valence-electron chi connectivity index (χ1n) is 5.72. The molecule has 0 aliphatic carbocycles. The molecule has 17 heavy (non-hydrogen) atoms. The first-order valence-corrected chi connectivity index (χ1v) is 6.60. The lowest BCUT2D eigenvalue weighted by molar-refractivity contribution is 0.242. The third-order valence-corrected chi connectivity index (χ3v) is 3.42. The zero-order valence-corrected chi connectivity index (χ0v) is 10.9. The van der Waals surface area contributed by atoms with Crippen molar-refractivity contribution in [3.05, 3.63) is 52.2 Å². The normalized spacial score (nSPS) is 12.7. The van der Waals surface area contributed by atoms with Gasteiger partial charge in [-0.25, -0.2) is 0 Å². The van der Waals surface area contributed by atoms with Crippen LogP contribution in [0.2, 0.25) is 0 Å². The maximum Gasteiger partial charge on any atom is 0.119 e. The van der Waals surface area contributed by atoms with Gasteiger partial charge in [-0.1, -0.05) is 18.2 Å². The van der Waals surface area contributed by atoms with Gasteiger partial charge >= 0.3 is 0 Å². The van der Waals surface area contributed by atoms with E-state index in [0.29, 0.717) is 0 Å². The Kier molecular flexibility index (Phi) is 3.82. The second-order valence-corrected chi connectivity index (χ2v) is 5.21. The third-order valence-electron chi connectivity index (χ3n) is 2.46. The standard InChI is InChI=1S/C14H17NOS/c1-10(2)16-12-7-5-11(6-8-12)14(15)13-4-3-9-17-13/h3-10,14H,15H2,1-2H3. The topological polar surface area (TPSA) is 35.2 Å². The van der Waals surface area contributed by atoms with Crippen LogP contribution in [-0.4, -0.2) is 6.10 Å². The molecule has 3 heteroatoms. The Labute approximate surface area is 106 Å². The zero-order chi connectivity index (χ0) is 12.3. The van der Waals surface area contributed by atoms with Crippen LogP contribution in [0.3, 0.4) is 0 Å². The largest absolute Gasteiger partial charge is 0.491 e. The Hall–Kier alpha value is -1.32. The Bertz CT molecular complexity index is 448. The molecule has 0 fully saturated rings. The molecule has 2 aromatic rings. The molecule has 1 unspecified atom stereocenters. The van der Waals surface area contributed by atoms with Crippen molar-refractivity contribution in [3.8, 4) is 5.75 Å². The van der Waals surface area contributed by atoms with Gasteiger partial charge in [0.05, 0.1) is 12.1 Å². The molecule has 1 aromatic heterocycles. The van der Waals surface area contributed by atoms with Gasteiger partial charge in [-0.2, -0.15) is 0 Å². The van der Waals surface area contributed by atoms with E-state index in [1.807, 2.05) is 49.6 Å². The molecular formula is C14H17NOS. The van der Waals surface area contributed by atoms with Crippen molar-refractivity contribution in [1.29, 1.82) is 0 Å². The summed E-state index contributed by atoms with van der Waals surface area (Å²) in [4.78, 5) is 1.18. The monoisotopic (exact) mass is 247 g/mol. The van der Waals surface area contributed by atoms with Gasteiger partial charge in [-0.3, -0.25) is 0 Å². The van der Waals surface area contributed by atoms with Crippen molar-refractivity contribution in [1.82, 2.24) is 0 Å². The van der Waals surface area contributed by atoms with Crippen LogP contribution >= 0.6 is 11.3 Å². The summed E-state index contributed by atoms with van der Waals surface area (Å²) in [6.07, 6.45) is 0.201. The maximum atomic E-state index is 6.18. The van der Waals surface area contributed by atoms with E-state index >= 15 is 0 Å². The van der Waals surface area contributed by atoms with Crippen LogP contribution in [0.15, 0.2) is 41.8 Å². The summed E-state index contributed by atoms with van der Waals surface area (Å²) in [7, 11) is 0. The first kappa shape index (κ1) is 12.1. The van der Waals surface area contributed by atoms with Crippen LogP contribution in [0.5, 0.6) is 5.75 Å². The summed E-state index contributed by atoms with van der Waals surface area (Å²) in [5.41, 5.74) is 7.30. The molecule has 2 nitrogen and oxygen atoms in total. The van der Waals surface area contributed by atoms with Crippen molar-refractivity contribution in [2.45, 2.75) is 26.0 Å².